The molecule has 2 aromatic carbocycles. The van der Waals surface area contributed by atoms with Crippen LogP contribution in [0.5, 0.6) is 5.75 Å². The molecule has 0 radical (unpaired) electrons. The number of nitrogens with one attached hydrogen (secondary N) is 1. The summed E-state index contributed by atoms with van der Waals surface area (Å²) in [4.78, 5) is 18.6. The van der Waals surface area contributed by atoms with Crippen molar-refractivity contribution >= 4 is 5.91 Å². The molecule has 7 heteroatoms. The topological polar surface area (TPSA) is 67.6 Å². The van der Waals surface area contributed by atoms with Gasteiger partial charge in [0.05, 0.1) is 13.7 Å². The SMILES string of the molecule is COc1ccc(CN(Cc2cccc(F)c2)Cc2ccc(C(=O)NCc3ccncc3)o2)cc1. The first-order valence-electron chi connectivity index (χ1n) is 10.9. The Labute approximate surface area is 198 Å². The zero-order valence-corrected chi connectivity index (χ0v) is 18.9. The van der Waals surface area contributed by atoms with Crippen LogP contribution in [0.1, 0.15) is 33.0 Å². The van der Waals surface area contributed by atoms with E-state index in [1.54, 1.807) is 37.7 Å². The summed E-state index contributed by atoms with van der Waals surface area (Å²) in [6.07, 6.45) is 3.37. The molecule has 0 fully saturated rings. The summed E-state index contributed by atoms with van der Waals surface area (Å²) in [5.74, 6) is 1.13. The first kappa shape index (κ1) is 23.2. The summed E-state index contributed by atoms with van der Waals surface area (Å²) in [5, 5.41) is 2.85. The van der Waals surface area contributed by atoms with Gasteiger partial charge in [0.1, 0.15) is 17.3 Å². The van der Waals surface area contributed by atoms with Gasteiger partial charge in [0.2, 0.25) is 0 Å². The van der Waals surface area contributed by atoms with Crippen molar-refractivity contribution in [2.24, 2.45) is 0 Å². The van der Waals surface area contributed by atoms with Crippen molar-refractivity contribution in [3.8, 4) is 5.75 Å². The summed E-state index contributed by atoms with van der Waals surface area (Å²) >= 11 is 0. The largest absolute Gasteiger partial charge is 0.497 e. The van der Waals surface area contributed by atoms with E-state index in [0.29, 0.717) is 31.9 Å². The number of benzene rings is 2. The number of halogens is 1. The van der Waals surface area contributed by atoms with Gasteiger partial charge in [-0.15, -0.1) is 0 Å². The van der Waals surface area contributed by atoms with Gasteiger partial charge in [0.15, 0.2) is 5.76 Å². The Bertz CT molecular complexity index is 1210. The number of ether oxygens (including phenoxy) is 1. The van der Waals surface area contributed by atoms with Crippen LogP contribution in [0.2, 0.25) is 0 Å². The number of nitrogens with zero attached hydrogens (tertiary/aromatic N) is 2. The Balaban J connectivity index is 1.44. The number of aromatic nitrogens is 1. The van der Waals surface area contributed by atoms with E-state index in [4.69, 9.17) is 9.15 Å². The number of carbonyl (C=O) groups excluding carboxylic acids is 1. The highest BCUT2D eigenvalue weighted by atomic mass is 19.1. The van der Waals surface area contributed by atoms with Crippen LogP contribution < -0.4 is 10.1 Å². The number of furan rings is 1. The van der Waals surface area contributed by atoms with E-state index in [0.717, 1.165) is 22.4 Å². The van der Waals surface area contributed by atoms with Crippen molar-refractivity contribution in [3.05, 3.63) is 119 Å². The number of rotatable bonds is 10. The van der Waals surface area contributed by atoms with E-state index in [9.17, 15) is 9.18 Å². The fraction of sp³-hybridized carbons (Fsp3) is 0.185. The summed E-state index contributed by atoms with van der Waals surface area (Å²) < 4.78 is 24.8. The molecule has 2 aromatic heterocycles. The molecular weight excluding hydrogens is 433 g/mol. The van der Waals surface area contributed by atoms with Gasteiger partial charge in [-0.05, 0) is 65.2 Å². The molecule has 4 rings (SSSR count). The molecule has 0 aliphatic heterocycles. The predicted octanol–water partition coefficient (Wildman–Crippen LogP) is 4.95. The van der Waals surface area contributed by atoms with E-state index >= 15 is 0 Å². The minimum Gasteiger partial charge on any atom is -0.497 e. The molecule has 34 heavy (non-hydrogen) atoms. The Morgan fingerprint density at radius 3 is 2.44 bits per heavy atom. The van der Waals surface area contributed by atoms with E-state index in [2.05, 4.69) is 15.2 Å². The molecule has 0 saturated carbocycles. The third kappa shape index (κ3) is 6.52. The van der Waals surface area contributed by atoms with Crippen molar-refractivity contribution in [1.29, 1.82) is 0 Å². The fourth-order valence-electron chi connectivity index (χ4n) is 3.63. The number of methoxy groups -OCH3 is 1. The minimum atomic E-state index is -0.283. The molecule has 0 bridgehead atoms. The van der Waals surface area contributed by atoms with Gasteiger partial charge in [-0.1, -0.05) is 24.3 Å². The van der Waals surface area contributed by atoms with E-state index in [1.165, 1.54) is 12.1 Å². The molecule has 1 N–H and O–H groups in total. The van der Waals surface area contributed by atoms with Gasteiger partial charge in [-0.25, -0.2) is 4.39 Å². The zero-order valence-electron chi connectivity index (χ0n) is 18.9. The van der Waals surface area contributed by atoms with Gasteiger partial charge in [-0.2, -0.15) is 0 Å². The molecule has 0 spiro atoms. The highest BCUT2D eigenvalue weighted by Crippen LogP contribution is 2.19. The maximum atomic E-state index is 13.7. The highest BCUT2D eigenvalue weighted by Gasteiger charge is 2.15. The molecule has 174 valence electrons. The quantitative estimate of drug-likeness (QED) is 0.363. The van der Waals surface area contributed by atoms with Crippen LogP contribution in [0.25, 0.3) is 0 Å². The lowest BCUT2D eigenvalue weighted by Crippen LogP contribution is -2.23. The number of carbonyl (C=O) groups is 1. The molecule has 0 atom stereocenters. The van der Waals surface area contributed by atoms with Crippen LogP contribution >= 0.6 is 0 Å². The second kappa shape index (κ2) is 11.2. The number of amides is 1. The molecule has 6 nitrogen and oxygen atoms in total. The van der Waals surface area contributed by atoms with Gasteiger partial charge in [0.25, 0.3) is 5.91 Å². The molecule has 2 heterocycles. The first-order chi connectivity index (χ1) is 16.6. The summed E-state index contributed by atoms with van der Waals surface area (Å²) in [7, 11) is 1.63. The normalized spacial score (nSPS) is 10.9. The summed E-state index contributed by atoms with van der Waals surface area (Å²) in [6, 6.07) is 21.5. The Kier molecular flexibility index (Phi) is 7.67. The van der Waals surface area contributed by atoms with Crippen molar-refractivity contribution < 1.29 is 18.3 Å². The minimum absolute atomic E-state index is 0.249. The van der Waals surface area contributed by atoms with Crippen LogP contribution in [-0.4, -0.2) is 22.9 Å². The summed E-state index contributed by atoms with van der Waals surface area (Å²) in [5.41, 5.74) is 2.89. The van der Waals surface area contributed by atoms with Crippen LogP contribution in [0, 0.1) is 5.82 Å². The average molecular weight is 460 g/mol. The second-order valence-corrected chi connectivity index (χ2v) is 7.93. The van der Waals surface area contributed by atoms with E-state index in [-0.39, 0.29) is 17.5 Å². The van der Waals surface area contributed by atoms with Crippen LogP contribution in [0.3, 0.4) is 0 Å². The first-order valence-corrected chi connectivity index (χ1v) is 10.9. The Morgan fingerprint density at radius 1 is 0.941 bits per heavy atom. The third-order valence-corrected chi connectivity index (χ3v) is 5.33. The monoisotopic (exact) mass is 459 g/mol. The smallest absolute Gasteiger partial charge is 0.287 e. The maximum Gasteiger partial charge on any atom is 0.287 e. The molecule has 1 amide bonds. The maximum absolute atomic E-state index is 13.7. The van der Waals surface area contributed by atoms with Gasteiger partial charge in [0, 0.05) is 32.0 Å². The average Bonchev–Trinajstić information content (AvgIpc) is 3.32. The molecular formula is C27H26FN3O3. The Morgan fingerprint density at radius 2 is 1.71 bits per heavy atom. The molecule has 0 unspecified atom stereocenters. The molecule has 0 aliphatic rings. The van der Waals surface area contributed by atoms with Crippen molar-refractivity contribution in [2.75, 3.05) is 7.11 Å². The number of hydrogen-bond donors (Lipinski definition) is 1. The standard InChI is InChI=1S/C27H26FN3O3/c1-33-24-7-5-21(6-8-24)17-31(18-22-3-2-4-23(28)15-22)19-25-9-10-26(34-25)27(32)30-16-20-11-13-29-14-12-20/h2-15H,16-19H2,1H3,(H,30,32). The van der Waals surface area contributed by atoms with E-state index < -0.39 is 0 Å². The van der Waals surface area contributed by atoms with Crippen LogP contribution in [0.15, 0.2) is 89.6 Å². The Hall–Kier alpha value is -3.97. The van der Waals surface area contributed by atoms with Crippen molar-refractivity contribution in [1.82, 2.24) is 15.2 Å². The van der Waals surface area contributed by atoms with Gasteiger partial charge >= 0.3 is 0 Å². The molecule has 0 saturated heterocycles. The van der Waals surface area contributed by atoms with Crippen molar-refractivity contribution in [3.63, 3.8) is 0 Å². The highest BCUT2D eigenvalue weighted by molar-refractivity contribution is 5.91. The second-order valence-electron chi connectivity index (χ2n) is 7.93. The van der Waals surface area contributed by atoms with Crippen LogP contribution in [0.4, 0.5) is 4.39 Å². The predicted molar refractivity (Wildman–Crippen MR) is 126 cm³/mol. The van der Waals surface area contributed by atoms with Gasteiger partial charge in [-0.3, -0.25) is 14.7 Å². The molecule has 4 aromatic rings. The zero-order chi connectivity index (χ0) is 23.8. The lowest BCUT2D eigenvalue weighted by molar-refractivity contribution is 0.0918. The van der Waals surface area contributed by atoms with E-state index in [1.807, 2.05) is 42.5 Å². The number of hydrogen-bond acceptors (Lipinski definition) is 5. The van der Waals surface area contributed by atoms with Gasteiger partial charge < -0.3 is 14.5 Å². The lowest BCUT2D eigenvalue weighted by Gasteiger charge is -2.22. The number of pyridine rings is 1. The van der Waals surface area contributed by atoms with Crippen molar-refractivity contribution in [2.45, 2.75) is 26.2 Å². The van der Waals surface area contributed by atoms with Crippen LogP contribution in [-0.2, 0) is 26.2 Å². The fourth-order valence-corrected chi connectivity index (χ4v) is 3.63. The third-order valence-electron chi connectivity index (χ3n) is 5.33. The molecule has 0 aliphatic carbocycles. The lowest BCUT2D eigenvalue weighted by atomic mass is 10.1. The summed E-state index contributed by atoms with van der Waals surface area (Å²) in [6.45, 7) is 1.99.